The second-order valence-electron chi connectivity index (χ2n) is 4.77. The molecule has 3 nitrogen and oxygen atoms in total. The Morgan fingerprint density at radius 2 is 2.17 bits per heavy atom. The van der Waals surface area contributed by atoms with E-state index in [-0.39, 0.29) is 6.04 Å². The molecule has 5 heteroatoms. The predicted molar refractivity (Wildman–Crippen MR) is 82.0 cm³/mol. The van der Waals surface area contributed by atoms with Crippen molar-refractivity contribution < 1.29 is 0 Å². The van der Waals surface area contributed by atoms with E-state index in [9.17, 15) is 0 Å². The van der Waals surface area contributed by atoms with Gasteiger partial charge in [0.1, 0.15) is 0 Å². The summed E-state index contributed by atoms with van der Waals surface area (Å²) in [5, 5.41) is 4.38. The first-order chi connectivity index (χ1) is 8.70. The quantitative estimate of drug-likeness (QED) is 0.837. The highest BCUT2D eigenvalue weighted by atomic mass is 32.1. The van der Waals surface area contributed by atoms with Crippen LogP contribution in [-0.2, 0) is 6.54 Å². The highest BCUT2D eigenvalue weighted by molar-refractivity contribution is 7.80. The molecule has 0 aliphatic carbocycles. The van der Waals surface area contributed by atoms with Crippen LogP contribution in [0.25, 0.3) is 0 Å². The third-order valence-corrected chi connectivity index (χ3v) is 4.55. The van der Waals surface area contributed by atoms with Crippen molar-refractivity contribution in [1.29, 1.82) is 0 Å². The maximum atomic E-state index is 5.80. The SMILES string of the molecule is CCC(C(N)=S)N1CCN(Cc2ccsc2)CC1. The van der Waals surface area contributed by atoms with Gasteiger partial charge in [-0.05, 0) is 28.8 Å². The van der Waals surface area contributed by atoms with Gasteiger partial charge in [0.2, 0.25) is 0 Å². The van der Waals surface area contributed by atoms with Crippen LogP contribution in [0.3, 0.4) is 0 Å². The van der Waals surface area contributed by atoms with Crippen LogP contribution in [0.2, 0.25) is 0 Å². The van der Waals surface area contributed by atoms with Crippen LogP contribution in [0.4, 0.5) is 0 Å². The van der Waals surface area contributed by atoms with Gasteiger partial charge < -0.3 is 5.73 Å². The highest BCUT2D eigenvalue weighted by Gasteiger charge is 2.24. The summed E-state index contributed by atoms with van der Waals surface area (Å²) in [4.78, 5) is 5.57. The van der Waals surface area contributed by atoms with Crippen molar-refractivity contribution in [3.63, 3.8) is 0 Å². The lowest BCUT2D eigenvalue weighted by Gasteiger charge is -2.38. The van der Waals surface area contributed by atoms with E-state index in [4.69, 9.17) is 18.0 Å². The topological polar surface area (TPSA) is 32.5 Å². The number of rotatable bonds is 5. The lowest BCUT2D eigenvalue weighted by Crippen LogP contribution is -2.53. The standard InChI is InChI=1S/C13H21N3S2/c1-2-12(13(14)17)16-6-4-15(5-7-16)9-11-3-8-18-10-11/h3,8,10,12H,2,4-7,9H2,1H3,(H2,14,17). The monoisotopic (exact) mass is 283 g/mol. The molecular formula is C13H21N3S2. The second-order valence-corrected chi connectivity index (χ2v) is 6.02. The van der Waals surface area contributed by atoms with Crippen LogP contribution in [0.15, 0.2) is 16.8 Å². The summed E-state index contributed by atoms with van der Waals surface area (Å²) in [5.74, 6) is 0. The fraction of sp³-hybridized carbons (Fsp3) is 0.615. The largest absolute Gasteiger partial charge is 0.392 e. The average Bonchev–Trinajstić information content (AvgIpc) is 2.84. The van der Waals surface area contributed by atoms with E-state index in [1.165, 1.54) is 5.56 Å². The molecule has 0 amide bonds. The van der Waals surface area contributed by atoms with E-state index in [0.29, 0.717) is 4.99 Å². The average molecular weight is 283 g/mol. The van der Waals surface area contributed by atoms with Crippen LogP contribution in [0.5, 0.6) is 0 Å². The number of thiophene rings is 1. The predicted octanol–water partition coefficient (Wildman–Crippen LogP) is 1.93. The lowest BCUT2D eigenvalue weighted by atomic mass is 10.1. The molecule has 2 N–H and O–H groups in total. The Morgan fingerprint density at radius 3 is 2.67 bits per heavy atom. The Hall–Kier alpha value is -0.490. The van der Waals surface area contributed by atoms with E-state index in [1.54, 1.807) is 11.3 Å². The normalized spacial score (nSPS) is 19.8. The lowest BCUT2D eigenvalue weighted by molar-refractivity contribution is 0.112. The van der Waals surface area contributed by atoms with Crippen molar-refractivity contribution in [1.82, 2.24) is 9.80 Å². The van der Waals surface area contributed by atoms with E-state index in [0.717, 1.165) is 39.1 Å². The summed E-state index contributed by atoms with van der Waals surface area (Å²) < 4.78 is 0. The Kier molecular flexibility index (Phi) is 5.12. The molecule has 0 radical (unpaired) electrons. The van der Waals surface area contributed by atoms with Gasteiger partial charge in [-0.15, -0.1) is 0 Å². The van der Waals surface area contributed by atoms with Gasteiger partial charge >= 0.3 is 0 Å². The Morgan fingerprint density at radius 1 is 1.44 bits per heavy atom. The van der Waals surface area contributed by atoms with Crippen LogP contribution < -0.4 is 5.73 Å². The first-order valence-corrected chi connectivity index (χ1v) is 7.82. The zero-order chi connectivity index (χ0) is 13.0. The summed E-state index contributed by atoms with van der Waals surface area (Å²) in [7, 11) is 0. The minimum absolute atomic E-state index is 0.281. The van der Waals surface area contributed by atoms with Crippen molar-refractivity contribution in [2.45, 2.75) is 25.9 Å². The number of thiocarbonyl (C=S) groups is 1. The van der Waals surface area contributed by atoms with Gasteiger partial charge in [-0.25, -0.2) is 0 Å². The Labute approximate surface area is 119 Å². The second kappa shape index (κ2) is 6.61. The van der Waals surface area contributed by atoms with Gasteiger partial charge in [0.05, 0.1) is 11.0 Å². The molecule has 0 spiro atoms. The number of nitrogens with two attached hydrogens (primary N) is 1. The van der Waals surface area contributed by atoms with Crippen molar-refractivity contribution >= 4 is 28.5 Å². The molecule has 2 rings (SSSR count). The molecule has 1 fully saturated rings. The molecule has 0 bridgehead atoms. The summed E-state index contributed by atoms with van der Waals surface area (Å²) >= 11 is 6.91. The van der Waals surface area contributed by atoms with Crippen LogP contribution in [0.1, 0.15) is 18.9 Å². The fourth-order valence-corrected chi connectivity index (χ4v) is 3.49. The van der Waals surface area contributed by atoms with Gasteiger partial charge in [0.15, 0.2) is 0 Å². The molecule has 1 atom stereocenters. The van der Waals surface area contributed by atoms with E-state index < -0.39 is 0 Å². The summed E-state index contributed by atoms with van der Waals surface area (Å²) in [6, 6.07) is 2.49. The van der Waals surface area contributed by atoms with Gasteiger partial charge in [0.25, 0.3) is 0 Å². The zero-order valence-electron chi connectivity index (χ0n) is 10.8. The van der Waals surface area contributed by atoms with Crippen molar-refractivity contribution in [3.8, 4) is 0 Å². The van der Waals surface area contributed by atoms with E-state index in [2.05, 4.69) is 33.6 Å². The third-order valence-electron chi connectivity index (χ3n) is 3.55. The van der Waals surface area contributed by atoms with Crippen molar-refractivity contribution in [2.75, 3.05) is 26.2 Å². The smallest absolute Gasteiger partial charge is 0.0901 e. The first-order valence-electron chi connectivity index (χ1n) is 6.47. The minimum atomic E-state index is 0.281. The van der Waals surface area contributed by atoms with E-state index >= 15 is 0 Å². The number of nitrogens with zero attached hydrogens (tertiary/aromatic N) is 2. The summed E-state index contributed by atoms with van der Waals surface area (Å²) in [6.07, 6.45) is 1.01. The molecule has 2 heterocycles. The Bertz CT molecular complexity index is 370. The van der Waals surface area contributed by atoms with E-state index in [1.807, 2.05) is 0 Å². The van der Waals surface area contributed by atoms with Crippen molar-refractivity contribution in [2.24, 2.45) is 5.73 Å². The molecule has 1 aromatic rings. The molecular weight excluding hydrogens is 262 g/mol. The molecule has 100 valence electrons. The molecule has 1 aliphatic rings. The maximum absolute atomic E-state index is 5.80. The highest BCUT2D eigenvalue weighted by Crippen LogP contribution is 2.14. The first kappa shape index (κ1) is 13.9. The van der Waals surface area contributed by atoms with Crippen LogP contribution >= 0.6 is 23.6 Å². The van der Waals surface area contributed by atoms with Crippen LogP contribution in [-0.4, -0.2) is 47.0 Å². The van der Waals surface area contributed by atoms with Crippen molar-refractivity contribution in [3.05, 3.63) is 22.4 Å². The molecule has 1 aromatic heterocycles. The number of piperazine rings is 1. The van der Waals surface area contributed by atoms with Gasteiger partial charge in [0, 0.05) is 32.7 Å². The number of hydrogen-bond donors (Lipinski definition) is 1. The zero-order valence-corrected chi connectivity index (χ0v) is 12.5. The van der Waals surface area contributed by atoms with Crippen LogP contribution in [0, 0.1) is 0 Å². The molecule has 0 saturated carbocycles. The van der Waals surface area contributed by atoms with Gasteiger partial charge in [-0.3, -0.25) is 9.80 Å². The number of hydrogen-bond acceptors (Lipinski definition) is 4. The molecule has 1 saturated heterocycles. The third kappa shape index (κ3) is 3.51. The van der Waals surface area contributed by atoms with Gasteiger partial charge in [-0.2, -0.15) is 11.3 Å². The summed E-state index contributed by atoms with van der Waals surface area (Å²) in [6.45, 7) is 7.58. The van der Waals surface area contributed by atoms with Gasteiger partial charge in [-0.1, -0.05) is 19.1 Å². The molecule has 18 heavy (non-hydrogen) atoms. The maximum Gasteiger partial charge on any atom is 0.0901 e. The molecule has 1 unspecified atom stereocenters. The fourth-order valence-electron chi connectivity index (χ4n) is 2.51. The molecule has 1 aliphatic heterocycles. The summed E-state index contributed by atoms with van der Waals surface area (Å²) in [5.41, 5.74) is 7.23. The molecule has 0 aromatic carbocycles. The minimum Gasteiger partial charge on any atom is -0.392 e. The Balaban J connectivity index is 1.82.